The minimum absolute atomic E-state index is 0. The molecule has 1 aromatic rings. The average Bonchev–Trinajstić information content (AvgIpc) is 2.61. The molecule has 1 heterocycles. The predicted molar refractivity (Wildman–Crippen MR) is 97.4 cm³/mol. The minimum atomic E-state index is -0.352. The van der Waals surface area contributed by atoms with Gasteiger partial charge in [-0.05, 0) is 12.5 Å². The van der Waals surface area contributed by atoms with Crippen molar-refractivity contribution in [3.05, 3.63) is 35.4 Å². The first-order valence-corrected chi connectivity index (χ1v) is 8.07. The van der Waals surface area contributed by atoms with E-state index in [2.05, 4.69) is 5.32 Å². The first-order valence-electron chi connectivity index (χ1n) is 8.07. The quantitative estimate of drug-likeness (QED) is 0.746. The van der Waals surface area contributed by atoms with E-state index in [1.807, 2.05) is 31.2 Å². The standard InChI is InChI=1S/C17H24N4O3.ClH/c1-13-2-4-14(5-3-13)10-16(23)20-6-8-21(9-7-20)17(24)12-19-15(22)11-18;/h2-5H,6-12,18H2,1H3,(H,19,22);1H. The number of amides is 3. The van der Waals surface area contributed by atoms with E-state index in [-0.39, 0.29) is 43.2 Å². The molecule has 1 aliphatic heterocycles. The molecule has 0 saturated carbocycles. The highest BCUT2D eigenvalue weighted by atomic mass is 35.5. The van der Waals surface area contributed by atoms with Crippen LogP contribution in [0, 0.1) is 6.92 Å². The number of hydrogen-bond donors (Lipinski definition) is 2. The number of nitrogens with two attached hydrogens (primary N) is 1. The molecule has 0 radical (unpaired) electrons. The maximum atomic E-state index is 12.3. The smallest absolute Gasteiger partial charge is 0.242 e. The lowest BCUT2D eigenvalue weighted by atomic mass is 10.1. The fraction of sp³-hybridized carbons (Fsp3) is 0.471. The van der Waals surface area contributed by atoms with E-state index in [0.29, 0.717) is 32.6 Å². The third-order valence-electron chi connectivity index (χ3n) is 4.08. The summed E-state index contributed by atoms with van der Waals surface area (Å²) in [7, 11) is 0. The summed E-state index contributed by atoms with van der Waals surface area (Å²) in [6.07, 6.45) is 0.376. The van der Waals surface area contributed by atoms with Crippen LogP contribution < -0.4 is 11.1 Å². The molecule has 1 aromatic carbocycles. The van der Waals surface area contributed by atoms with Crippen LogP contribution in [0.5, 0.6) is 0 Å². The molecule has 0 aromatic heterocycles. The number of carbonyl (C=O) groups excluding carboxylic acids is 3. The highest BCUT2D eigenvalue weighted by molar-refractivity contribution is 5.86. The van der Waals surface area contributed by atoms with Gasteiger partial charge >= 0.3 is 0 Å². The normalized spacial score (nSPS) is 13.8. The molecular weight excluding hydrogens is 344 g/mol. The average molecular weight is 369 g/mol. The fourth-order valence-corrected chi connectivity index (χ4v) is 2.56. The molecule has 25 heavy (non-hydrogen) atoms. The van der Waals surface area contributed by atoms with Gasteiger partial charge in [-0.25, -0.2) is 0 Å². The summed E-state index contributed by atoms with van der Waals surface area (Å²) in [5.74, 6) is -0.430. The van der Waals surface area contributed by atoms with E-state index in [1.165, 1.54) is 5.56 Å². The van der Waals surface area contributed by atoms with E-state index < -0.39 is 0 Å². The van der Waals surface area contributed by atoms with Crippen LogP contribution in [0.3, 0.4) is 0 Å². The van der Waals surface area contributed by atoms with Gasteiger partial charge in [0.05, 0.1) is 19.5 Å². The second-order valence-corrected chi connectivity index (χ2v) is 5.90. The van der Waals surface area contributed by atoms with Gasteiger partial charge in [0, 0.05) is 26.2 Å². The van der Waals surface area contributed by atoms with Gasteiger partial charge in [-0.3, -0.25) is 14.4 Å². The zero-order valence-electron chi connectivity index (χ0n) is 14.4. The number of halogens is 1. The Morgan fingerprint density at radius 1 is 1.00 bits per heavy atom. The summed E-state index contributed by atoms with van der Waals surface area (Å²) < 4.78 is 0. The molecule has 7 nitrogen and oxygen atoms in total. The topological polar surface area (TPSA) is 95.7 Å². The molecule has 138 valence electrons. The number of aryl methyl sites for hydroxylation is 1. The highest BCUT2D eigenvalue weighted by Crippen LogP contribution is 2.08. The molecule has 1 aliphatic rings. The van der Waals surface area contributed by atoms with Gasteiger partial charge in [0.2, 0.25) is 17.7 Å². The van der Waals surface area contributed by atoms with Crippen molar-refractivity contribution in [3.63, 3.8) is 0 Å². The summed E-state index contributed by atoms with van der Waals surface area (Å²) in [6.45, 7) is 3.83. The number of nitrogens with zero attached hydrogens (tertiary/aromatic N) is 2. The number of piperazine rings is 1. The summed E-state index contributed by atoms with van der Waals surface area (Å²) in [5, 5.41) is 2.46. The predicted octanol–water partition coefficient (Wildman–Crippen LogP) is -0.295. The first kappa shape index (κ1) is 20.9. The minimum Gasteiger partial charge on any atom is -0.346 e. The molecular formula is C17H25ClN4O3. The Bertz CT molecular complexity index is 598. The van der Waals surface area contributed by atoms with Gasteiger partial charge in [-0.2, -0.15) is 0 Å². The van der Waals surface area contributed by atoms with Crippen LogP contribution in [0.25, 0.3) is 0 Å². The van der Waals surface area contributed by atoms with Crippen molar-refractivity contribution in [2.75, 3.05) is 39.3 Å². The van der Waals surface area contributed by atoms with E-state index >= 15 is 0 Å². The lowest BCUT2D eigenvalue weighted by Gasteiger charge is -2.35. The van der Waals surface area contributed by atoms with Gasteiger partial charge in [0.1, 0.15) is 0 Å². The SMILES string of the molecule is Cc1ccc(CC(=O)N2CCN(C(=O)CNC(=O)CN)CC2)cc1.Cl. The molecule has 3 amide bonds. The van der Waals surface area contributed by atoms with Crippen LogP contribution in [-0.4, -0.2) is 66.8 Å². The van der Waals surface area contributed by atoms with E-state index in [1.54, 1.807) is 9.80 Å². The van der Waals surface area contributed by atoms with Gasteiger partial charge in [-0.1, -0.05) is 29.8 Å². The molecule has 1 fully saturated rings. The van der Waals surface area contributed by atoms with Crippen molar-refractivity contribution in [2.24, 2.45) is 5.73 Å². The van der Waals surface area contributed by atoms with Crippen LogP contribution >= 0.6 is 12.4 Å². The summed E-state index contributed by atoms with van der Waals surface area (Å²) in [5.41, 5.74) is 7.34. The third-order valence-corrected chi connectivity index (χ3v) is 4.08. The van der Waals surface area contributed by atoms with Gasteiger partial charge < -0.3 is 20.9 Å². The van der Waals surface area contributed by atoms with Crippen LogP contribution in [0.2, 0.25) is 0 Å². The van der Waals surface area contributed by atoms with Crippen molar-refractivity contribution >= 4 is 30.1 Å². The number of rotatable bonds is 5. The second-order valence-electron chi connectivity index (χ2n) is 5.90. The number of carbonyl (C=O) groups is 3. The Kier molecular flexibility index (Phi) is 8.37. The summed E-state index contributed by atoms with van der Waals surface area (Å²) >= 11 is 0. The Hall–Kier alpha value is -2.12. The Morgan fingerprint density at radius 3 is 2.04 bits per heavy atom. The molecule has 0 atom stereocenters. The van der Waals surface area contributed by atoms with Crippen LogP contribution in [0.1, 0.15) is 11.1 Å². The molecule has 8 heteroatoms. The first-order chi connectivity index (χ1) is 11.5. The molecule has 3 N–H and O–H groups in total. The fourth-order valence-electron chi connectivity index (χ4n) is 2.56. The number of hydrogen-bond acceptors (Lipinski definition) is 4. The van der Waals surface area contributed by atoms with Crippen molar-refractivity contribution in [3.8, 4) is 0 Å². The van der Waals surface area contributed by atoms with Crippen molar-refractivity contribution in [2.45, 2.75) is 13.3 Å². The molecule has 0 unspecified atom stereocenters. The zero-order chi connectivity index (χ0) is 17.5. The van der Waals surface area contributed by atoms with Crippen molar-refractivity contribution in [1.82, 2.24) is 15.1 Å². The van der Waals surface area contributed by atoms with Gasteiger partial charge in [0.15, 0.2) is 0 Å². The molecule has 1 saturated heterocycles. The van der Waals surface area contributed by atoms with Crippen LogP contribution in [0.15, 0.2) is 24.3 Å². The van der Waals surface area contributed by atoms with Gasteiger partial charge in [0.25, 0.3) is 0 Å². The monoisotopic (exact) mass is 368 g/mol. The van der Waals surface area contributed by atoms with Crippen molar-refractivity contribution in [1.29, 1.82) is 0 Å². The lowest BCUT2D eigenvalue weighted by Crippen LogP contribution is -2.53. The van der Waals surface area contributed by atoms with E-state index in [0.717, 1.165) is 5.56 Å². The Morgan fingerprint density at radius 2 is 1.52 bits per heavy atom. The van der Waals surface area contributed by atoms with E-state index in [4.69, 9.17) is 5.73 Å². The number of benzene rings is 1. The largest absolute Gasteiger partial charge is 0.346 e. The lowest BCUT2D eigenvalue weighted by molar-refractivity contribution is -0.139. The Balaban J connectivity index is 0.00000312. The molecule has 0 aliphatic carbocycles. The van der Waals surface area contributed by atoms with Crippen LogP contribution in [-0.2, 0) is 20.8 Å². The van der Waals surface area contributed by atoms with E-state index in [9.17, 15) is 14.4 Å². The second kappa shape index (κ2) is 10.0. The summed E-state index contributed by atoms with van der Waals surface area (Å²) in [6, 6.07) is 7.92. The third kappa shape index (κ3) is 6.36. The molecule has 2 rings (SSSR count). The number of nitrogens with one attached hydrogen (secondary N) is 1. The van der Waals surface area contributed by atoms with Gasteiger partial charge in [-0.15, -0.1) is 12.4 Å². The van der Waals surface area contributed by atoms with Crippen molar-refractivity contribution < 1.29 is 14.4 Å². The molecule has 0 bridgehead atoms. The highest BCUT2D eigenvalue weighted by Gasteiger charge is 2.24. The molecule has 0 spiro atoms. The maximum Gasteiger partial charge on any atom is 0.242 e. The van der Waals surface area contributed by atoms with Crippen LogP contribution in [0.4, 0.5) is 0 Å². The Labute approximate surface area is 153 Å². The zero-order valence-corrected chi connectivity index (χ0v) is 15.2. The summed E-state index contributed by atoms with van der Waals surface area (Å²) in [4.78, 5) is 38.8. The maximum absolute atomic E-state index is 12.3.